The smallest absolute Gasteiger partial charge is 0.242 e. The van der Waals surface area contributed by atoms with Crippen molar-refractivity contribution >= 4 is 24.2 Å². The third kappa shape index (κ3) is 0.862. The maximum absolute atomic E-state index is 13.0. The Balaban J connectivity index is 2.90. The molecule has 2 rings (SSSR count). The van der Waals surface area contributed by atoms with Gasteiger partial charge in [0, 0.05) is 0 Å². The molecular formula is C7H7BFN3. The highest BCUT2D eigenvalue weighted by molar-refractivity contribution is 6.33. The summed E-state index contributed by atoms with van der Waals surface area (Å²) < 4.78 is 13.0. The number of nitrogen functional groups attached to an aromatic ring is 1. The van der Waals surface area contributed by atoms with Crippen LogP contribution in [0.2, 0.25) is 0 Å². The third-order valence-corrected chi connectivity index (χ3v) is 1.82. The van der Waals surface area contributed by atoms with Crippen LogP contribution in [0.25, 0.3) is 10.9 Å². The maximum Gasteiger partial charge on any atom is 0.242 e. The van der Waals surface area contributed by atoms with Crippen LogP contribution in [0.5, 0.6) is 0 Å². The number of hydrogen-bond donors (Lipinski definition) is 1. The summed E-state index contributed by atoms with van der Waals surface area (Å²) in [5, 5.41) is 3.93. The van der Waals surface area contributed by atoms with E-state index in [1.807, 2.05) is 13.9 Å². The van der Waals surface area contributed by atoms with Crippen molar-refractivity contribution in [2.24, 2.45) is 0 Å². The lowest BCUT2D eigenvalue weighted by atomic mass is 9.95. The van der Waals surface area contributed by atoms with Gasteiger partial charge < -0.3 is 5.84 Å². The normalized spacial score (nSPS) is 10.8. The second-order valence-electron chi connectivity index (χ2n) is 2.76. The third-order valence-electron chi connectivity index (χ3n) is 1.82. The van der Waals surface area contributed by atoms with Gasteiger partial charge in [-0.25, -0.2) is 0 Å². The Morgan fingerprint density at radius 3 is 3.00 bits per heavy atom. The standard InChI is InChI=1S/C7H7BFN3/c8-4-1-2-6-5(3-4)7(9)11-12(6)10/h1-3H,8,10H2. The number of nitrogens with zero attached hydrogens (tertiary/aromatic N) is 2. The molecule has 0 aliphatic heterocycles. The molecule has 0 bridgehead atoms. The highest BCUT2D eigenvalue weighted by Crippen LogP contribution is 2.12. The molecule has 2 N–H and O–H groups in total. The number of aromatic nitrogens is 2. The van der Waals surface area contributed by atoms with Crippen molar-refractivity contribution < 1.29 is 4.39 Å². The second kappa shape index (κ2) is 2.23. The Labute approximate surface area is 69.3 Å². The van der Waals surface area contributed by atoms with Crippen LogP contribution in [0.4, 0.5) is 4.39 Å². The molecule has 1 aromatic carbocycles. The van der Waals surface area contributed by atoms with E-state index in [1.165, 1.54) is 0 Å². The van der Waals surface area contributed by atoms with E-state index in [0.717, 1.165) is 10.3 Å². The molecule has 0 saturated heterocycles. The number of benzene rings is 1. The van der Waals surface area contributed by atoms with Gasteiger partial charge in [-0.05, 0) is 6.07 Å². The van der Waals surface area contributed by atoms with Gasteiger partial charge in [0.25, 0.3) is 0 Å². The van der Waals surface area contributed by atoms with Gasteiger partial charge in [0.2, 0.25) is 5.95 Å². The quantitative estimate of drug-likeness (QED) is 0.406. The second-order valence-corrected chi connectivity index (χ2v) is 2.76. The van der Waals surface area contributed by atoms with E-state index in [0.29, 0.717) is 10.9 Å². The minimum absolute atomic E-state index is 0.470. The molecule has 1 heterocycles. The highest BCUT2D eigenvalue weighted by atomic mass is 19.1. The van der Waals surface area contributed by atoms with Gasteiger partial charge in [0.15, 0.2) is 0 Å². The van der Waals surface area contributed by atoms with Crippen LogP contribution < -0.4 is 11.3 Å². The van der Waals surface area contributed by atoms with Gasteiger partial charge in [-0.15, -0.1) is 5.10 Å². The largest absolute Gasteiger partial charge is 0.323 e. The zero-order chi connectivity index (χ0) is 8.72. The summed E-state index contributed by atoms with van der Waals surface area (Å²) in [5.74, 6) is 4.88. The molecule has 0 radical (unpaired) electrons. The van der Waals surface area contributed by atoms with Crippen LogP contribution in [0.1, 0.15) is 0 Å². The zero-order valence-electron chi connectivity index (χ0n) is 6.58. The Kier molecular flexibility index (Phi) is 1.33. The topological polar surface area (TPSA) is 43.8 Å². The predicted octanol–water partition coefficient (Wildman–Crippen LogP) is -0.852. The van der Waals surface area contributed by atoms with E-state index in [9.17, 15) is 4.39 Å². The predicted molar refractivity (Wildman–Crippen MR) is 48.0 cm³/mol. The van der Waals surface area contributed by atoms with E-state index < -0.39 is 5.95 Å². The van der Waals surface area contributed by atoms with Crippen LogP contribution >= 0.6 is 0 Å². The molecule has 0 spiro atoms. The Morgan fingerprint density at radius 2 is 2.25 bits per heavy atom. The minimum atomic E-state index is -0.517. The number of rotatable bonds is 0. The van der Waals surface area contributed by atoms with Crippen molar-refractivity contribution in [3.63, 3.8) is 0 Å². The van der Waals surface area contributed by atoms with Crippen LogP contribution in [0.3, 0.4) is 0 Å². The molecule has 2 aromatic rings. The van der Waals surface area contributed by atoms with Crippen molar-refractivity contribution in [3.05, 3.63) is 24.1 Å². The van der Waals surface area contributed by atoms with E-state index in [-0.39, 0.29) is 0 Å². The van der Waals surface area contributed by atoms with Crippen LogP contribution in [-0.2, 0) is 0 Å². The van der Waals surface area contributed by atoms with Gasteiger partial charge in [0.05, 0.1) is 10.9 Å². The van der Waals surface area contributed by atoms with Crippen molar-refractivity contribution in [1.29, 1.82) is 0 Å². The molecule has 3 nitrogen and oxygen atoms in total. The van der Waals surface area contributed by atoms with Crippen LogP contribution in [0, 0.1) is 5.95 Å². The summed E-state index contributed by atoms with van der Waals surface area (Å²) in [6, 6.07) is 5.34. The van der Waals surface area contributed by atoms with Gasteiger partial charge >= 0.3 is 0 Å². The average molecular weight is 163 g/mol. The first kappa shape index (κ1) is 7.15. The first-order valence-corrected chi connectivity index (χ1v) is 3.58. The lowest BCUT2D eigenvalue weighted by molar-refractivity contribution is 0.570. The molecule has 0 saturated carbocycles. The number of halogens is 1. The highest BCUT2D eigenvalue weighted by Gasteiger charge is 2.06. The van der Waals surface area contributed by atoms with Crippen molar-refractivity contribution in [2.45, 2.75) is 0 Å². The summed E-state index contributed by atoms with van der Waals surface area (Å²) in [6.45, 7) is 0. The van der Waals surface area contributed by atoms with Crippen LogP contribution in [-0.4, -0.2) is 17.7 Å². The molecule has 0 aliphatic rings. The maximum atomic E-state index is 13.0. The number of fused-ring (bicyclic) bond motifs is 1. The molecule has 0 fully saturated rings. The van der Waals surface area contributed by atoms with E-state index >= 15 is 0 Å². The molecule has 0 unspecified atom stereocenters. The fourth-order valence-corrected chi connectivity index (χ4v) is 1.22. The fourth-order valence-electron chi connectivity index (χ4n) is 1.22. The first-order valence-electron chi connectivity index (χ1n) is 3.58. The fraction of sp³-hybridized carbons (Fsp3) is 0. The van der Waals surface area contributed by atoms with Gasteiger partial charge in [-0.3, -0.25) is 0 Å². The van der Waals surface area contributed by atoms with Crippen molar-refractivity contribution in [2.75, 3.05) is 5.84 Å². The zero-order valence-corrected chi connectivity index (χ0v) is 6.58. The number of nitrogens with two attached hydrogens (primary N) is 1. The molecular weight excluding hydrogens is 156 g/mol. The van der Waals surface area contributed by atoms with Gasteiger partial charge in [-0.1, -0.05) is 17.6 Å². The summed E-state index contributed by atoms with van der Waals surface area (Å²) >= 11 is 0. The summed E-state index contributed by atoms with van der Waals surface area (Å²) in [4.78, 5) is 1.05. The molecule has 0 atom stereocenters. The van der Waals surface area contributed by atoms with Crippen molar-refractivity contribution in [3.8, 4) is 0 Å². The van der Waals surface area contributed by atoms with E-state index in [4.69, 9.17) is 5.84 Å². The minimum Gasteiger partial charge on any atom is -0.323 e. The first-order chi connectivity index (χ1) is 5.68. The molecule has 60 valence electrons. The van der Waals surface area contributed by atoms with Gasteiger partial charge in [-0.2, -0.15) is 9.18 Å². The van der Waals surface area contributed by atoms with Crippen molar-refractivity contribution in [1.82, 2.24) is 9.89 Å². The van der Waals surface area contributed by atoms with Gasteiger partial charge in [0.1, 0.15) is 7.85 Å². The van der Waals surface area contributed by atoms with Crippen LogP contribution in [0.15, 0.2) is 18.2 Å². The molecule has 12 heavy (non-hydrogen) atoms. The Hall–Kier alpha value is -1.52. The number of hydrogen-bond acceptors (Lipinski definition) is 2. The molecule has 1 aromatic heterocycles. The molecule has 0 aliphatic carbocycles. The molecule has 0 amide bonds. The lowest BCUT2D eigenvalue weighted by Crippen LogP contribution is -2.10. The summed E-state index contributed by atoms with van der Waals surface area (Å²) in [5.41, 5.74) is 1.60. The Morgan fingerprint density at radius 1 is 1.50 bits per heavy atom. The lowest BCUT2D eigenvalue weighted by Gasteiger charge is -1.93. The summed E-state index contributed by atoms with van der Waals surface area (Å²) in [6.07, 6.45) is 0. The van der Waals surface area contributed by atoms with E-state index in [1.54, 1.807) is 12.1 Å². The SMILES string of the molecule is Bc1ccc2c(c1)c(F)nn2N. The van der Waals surface area contributed by atoms with E-state index in [2.05, 4.69) is 5.10 Å². The summed E-state index contributed by atoms with van der Waals surface area (Å²) in [7, 11) is 1.90. The molecule has 5 heteroatoms. The Bertz CT molecular complexity index is 437. The monoisotopic (exact) mass is 163 g/mol. The average Bonchev–Trinajstić information content (AvgIpc) is 2.28.